The molecule has 1 heterocycles. The maximum absolute atomic E-state index is 12.7. The van der Waals surface area contributed by atoms with Crippen molar-refractivity contribution >= 4 is 17.7 Å². The fourth-order valence-electron chi connectivity index (χ4n) is 3.08. The molecule has 1 aliphatic heterocycles. The number of aryl methyl sites for hydroxylation is 1. The van der Waals surface area contributed by atoms with Gasteiger partial charge in [-0.1, -0.05) is 32.0 Å². The van der Waals surface area contributed by atoms with Crippen molar-refractivity contribution in [1.29, 1.82) is 0 Å². The van der Waals surface area contributed by atoms with Gasteiger partial charge in [0, 0.05) is 11.1 Å². The molecule has 0 aromatic heterocycles. The summed E-state index contributed by atoms with van der Waals surface area (Å²) < 4.78 is 10.5. The molecule has 0 radical (unpaired) electrons. The number of hydrogen-bond acceptors (Lipinski definition) is 5. The molecule has 0 spiro atoms. The Morgan fingerprint density at radius 3 is 2.43 bits per heavy atom. The van der Waals surface area contributed by atoms with Crippen LogP contribution in [0.25, 0.3) is 0 Å². The summed E-state index contributed by atoms with van der Waals surface area (Å²) in [6, 6.07) is 11.1. The normalized spacial score (nSPS) is 12.9. The van der Waals surface area contributed by atoms with E-state index in [9.17, 15) is 14.4 Å². The summed E-state index contributed by atoms with van der Waals surface area (Å²) >= 11 is 0. The van der Waals surface area contributed by atoms with Gasteiger partial charge < -0.3 is 14.8 Å². The van der Waals surface area contributed by atoms with Gasteiger partial charge in [-0.2, -0.15) is 0 Å². The highest BCUT2D eigenvalue weighted by Gasteiger charge is 2.24. The van der Waals surface area contributed by atoms with E-state index in [0.717, 1.165) is 5.56 Å². The first kappa shape index (κ1) is 21.2. The van der Waals surface area contributed by atoms with Gasteiger partial charge >= 0.3 is 0 Å². The van der Waals surface area contributed by atoms with Gasteiger partial charge in [-0.3, -0.25) is 25.2 Å². The van der Waals surface area contributed by atoms with Gasteiger partial charge in [-0.05, 0) is 49.1 Å². The standard InChI is InChI=1S/C22H25N3O5/c1-13(2)10-17(23-21(27)16-7-5-4-6-14(16)3)22(28)25-24-20(26)15-8-9-18-19(11-15)30-12-29-18/h4-9,11,13,17H,10,12H2,1-3H3,(H,23,27)(H,24,26)(H,25,28)/t17-/m1/s1. The van der Waals surface area contributed by atoms with E-state index in [0.29, 0.717) is 29.0 Å². The third-order valence-electron chi connectivity index (χ3n) is 4.65. The van der Waals surface area contributed by atoms with Crippen LogP contribution in [-0.4, -0.2) is 30.6 Å². The van der Waals surface area contributed by atoms with Gasteiger partial charge in [-0.15, -0.1) is 0 Å². The molecule has 3 N–H and O–H groups in total. The average Bonchev–Trinajstić information content (AvgIpc) is 3.19. The summed E-state index contributed by atoms with van der Waals surface area (Å²) in [6.07, 6.45) is 0.420. The molecule has 0 saturated heterocycles. The Kier molecular flexibility index (Phi) is 6.56. The highest BCUT2D eigenvalue weighted by Crippen LogP contribution is 2.32. The number of nitrogens with one attached hydrogen (secondary N) is 3. The molecule has 2 aromatic rings. The first-order valence-corrected chi connectivity index (χ1v) is 9.71. The molecule has 0 bridgehead atoms. The monoisotopic (exact) mass is 411 g/mol. The van der Waals surface area contributed by atoms with Crippen LogP contribution in [0.2, 0.25) is 0 Å². The van der Waals surface area contributed by atoms with E-state index in [4.69, 9.17) is 9.47 Å². The zero-order valence-electron chi connectivity index (χ0n) is 17.2. The van der Waals surface area contributed by atoms with Crippen molar-refractivity contribution in [2.24, 2.45) is 5.92 Å². The fraction of sp³-hybridized carbons (Fsp3) is 0.318. The van der Waals surface area contributed by atoms with E-state index in [1.54, 1.807) is 24.3 Å². The fourth-order valence-corrected chi connectivity index (χ4v) is 3.08. The minimum absolute atomic E-state index is 0.106. The third-order valence-corrected chi connectivity index (χ3v) is 4.65. The quantitative estimate of drug-likeness (QED) is 0.633. The van der Waals surface area contributed by atoms with Crippen LogP contribution >= 0.6 is 0 Å². The van der Waals surface area contributed by atoms with Gasteiger partial charge in [0.1, 0.15) is 6.04 Å². The Morgan fingerprint density at radius 1 is 0.967 bits per heavy atom. The molecule has 8 nitrogen and oxygen atoms in total. The Bertz CT molecular complexity index is 958. The number of hydrazine groups is 1. The van der Waals surface area contributed by atoms with Crippen molar-refractivity contribution in [2.75, 3.05) is 6.79 Å². The Balaban J connectivity index is 1.63. The number of benzene rings is 2. The van der Waals surface area contributed by atoms with Gasteiger partial charge in [0.25, 0.3) is 17.7 Å². The maximum Gasteiger partial charge on any atom is 0.269 e. The van der Waals surface area contributed by atoms with Crippen molar-refractivity contribution in [3.8, 4) is 11.5 Å². The first-order valence-electron chi connectivity index (χ1n) is 9.71. The molecule has 0 aliphatic carbocycles. The van der Waals surface area contributed by atoms with E-state index in [-0.39, 0.29) is 18.6 Å². The average molecular weight is 411 g/mol. The number of amides is 3. The van der Waals surface area contributed by atoms with Crippen LogP contribution in [0.5, 0.6) is 11.5 Å². The van der Waals surface area contributed by atoms with E-state index >= 15 is 0 Å². The van der Waals surface area contributed by atoms with Crippen LogP contribution in [0, 0.1) is 12.8 Å². The molecule has 1 atom stereocenters. The highest BCUT2D eigenvalue weighted by atomic mass is 16.7. The van der Waals surface area contributed by atoms with Crippen LogP contribution < -0.4 is 25.6 Å². The van der Waals surface area contributed by atoms with Crippen molar-refractivity contribution in [3.63, 3.8) is 0 Å². The Labute approximate surface area is 174 Å². The van der Waals surface area contributed by atoms with E-state index in [1.807, 2.05) is 32.9 Å². The van der Waals surface area contributed by atoms with Crippen molar-refractivity contribution in [1.82, 2.24) is 16.2 Å². The van der Waals surface area contributed by atoms with Crippen LogP contribution in [-0.2, 0) is 4.79 Å². The summed E-state index contributed by atoms with van der Waals surface area (Å²) in [6.45, 7) is 5.84. The molecule has 1 aliphatic rings. The maximum atomic E-state index is 12.7. The lowest BCUT2D eigenvalue weighted by Gasteiger charge is -2.21. The van der Waals surface area contributed by atoms with E-state index in [2.05, 4.69) is 16.2 Å². The third kappa shape index (κ3) is 5.08. The van der Waals surface area contributed by atoms with Crippen LogP contribution in [0.1, 0.15) is 46.5 Å². The number of carbonyl (C=O) groups excluding carboxylic acids is 3. The zero-order valence-corrected chi connectivity index (χ0v) is 17.2. The minimum atomic E-state index is -0.797. The molecule has 30 heavy (non-hydrogen) atoms. The second-order valence-electron chi connectivity index (χ2n) is 7.48. The number of hydrogen-bond donors (Lipinski definition) is 3. The van der Waals surface area contributed by atoms with Gasteiger partial charge in [0.05, 0.1) is 0 Å². The molecule has 0 fully saturated rings. The lowest BCUT2D eigenvalue weighted by atomic mass is 10.0. The summed E-state index contributed by atoms with van der Waals surface area (Å²) in [5, 5.41) is 2.76. The number of carbonyl (C=O) groups is 3. The molecular weight excluding hydrogens is 386 g/mol. The summed E-state index contributed by atoms with van der Waals surface area (Å²) in [7, 11) is 0. The van der Waals surface area contributed by atoms with Crippen molar-refractivity contribution in [2.45, 2.75) is 33.2 Å². The predicted molar refractivity (Wildman–Crippen MR) is 110 cm³/mol. The van der Waals surface area contributed by atoms with Crippen molar-refractivity contribution in [3.05, 3.63) is 59.2 Å². The first-order chi connectivity index (χ1) is 14.3. The Hall–Kier alpha value is -3.55. The molecule has 2 aromatic carbocycles. The Morgan fingerprint density at radius 2 is 1.70 bits per heavy atom. The smallest absolute Gasteiger partial charge is 0.269 e. The van der Waals surface area contributed by atoms with E-state index < -0.39 is 17.9 Å². The second kappa shape index (κ2) is 9.30. The van der Waals surface area contributed by atoms with Crippen LogP contribution in [0.3, 0.4) is 0 Å². The molecule has 8 heteroatoms. The lowest BCUT2D eigenvalue weighted by molar-refractivity contribution is -0.124. The molecule has 3 rings (SSSR count). The second-order valence-corrected chi connectivity index (χ2v) is 7.48. The molecule has 158 valence electrons. The van der Waals surface area contributed by atoms with Crippen LogP contribution in [0.15, 0.2) is 42.5 Å². The number of fused-ring (bicyclic) bond motifs is 1. The molecule has 0 unspecified atom stereocenters. The van der Waals surface area contributed by atoms with Gasteiger partial charge in [0.15, 0.2) is 11.5 Å². The minimum Gasteiger partial charge on any atom is -0.454 e. The van der Waals surface area contributed by atoms with Gasteiger partial charge in [-0.25, -0.2) is 0 Å². The van der Waals surface area contributed by atoms with E-state index in [1.165, 1.54) is 6.07 Å². The molecule has 3 amide bonds. The lowest BCUT2D eigenvalue weighted by Crippen LogP contribution is -2.52. The molecule has 0 saturated carbocycles. The number of rotatable bonds is 6. The SMILES string of the molecule is Cc1ccccc1C(=O)N[C@H](CC(C)C)C(=O)NNC(=O)c1ccc2c(c1)OCO2. The van der Waals surface area contributed by atoms with Crippen LogP contribution in [0.4, 0.5) is 0 Å². The summed E-state index contributed by atoms with van der Waals surface area (Å²) in [5.74, 6) is -0.156. The largest absolute Gasteiger partial charge is 0.454 e. The summed E-state index contributed by atoms with van der Waals surface area (Å²) in [4.78, 5) is 37.7. The van der Waals surface area contributed by atoms with Gasteiger partial charge in [0.2, 0.25) is 6.79 Å². The zero-order chi connectivity index (χ0) is 21.7. The predicted octanol–water partition coefficient (Wildman–Crippen LogP) is 2.33. The molecular formula is C22H25N3O5. The highest BCUT2D eigenvalue weighted by molar-refractivity contribution is 6.00. The summed E-state index contributed by atoms with van der Waals surface area (Å²) in [5.41, 5.74) is 6.41. The van der Waals surface area contributed by atoms with Crippen molar-refractivity contribution < 1.29 is 23.9 Å². The topological polar surface area (TPSA) is 106 Å². The number of ether oxygens (including phenoxy) is 2.